The minimum atomic E-state index is 0.226. The highest BCUT2D eigenvalue weighted by molar-refractivity contribution is 7.16. The quantitative estimate of drug-likeness (QED) is 0.848. The molecular weight excluding hydrogens is 286 g/mol. The summed E-state index contributed by atoms with van der Waals surface area (Å²) < 4.78 is 5.06. The van der Waals surface area contributed by atoms with Crippen LogP contribution in [-0.2, 0) is 16.0 Å². The van der Waals surface area contributed by atoms with Gasteiger partial charge in [-0.2, -0.15) is 0 Å². The highest BCUT2D eigenvalue weighted by Gasteiger charge is 2.30. The van der Waals surface area contributed by atoms with Gasteiger partial charge in [-0.05, 0) is 30.7 Å². The summed E-state index contributed by atoms with van der Waals surface area (Å²) in [5.74, 6) is 1.37. The molecule has 2 aromatic heterocycles. The number of methoxy groups -OCH3 is 1. The highest BCUT2D eigenvalue weighted by atomic mass is 32.1. The van der Waals surface area contributed by atoms with Gasteiger partial charge in [0, 0.05) is 32.0 Å². The maximum Gasteiger partial charge on any atom is 0.223 e. The van der Waals surface area contributed by atoms with Crippen molar-refractivity contribution in [3.05, 3.63) is 23.0 Å². The van der Waals surface area contributed by atoms with Crippen LogP contribution in [0.5, 0.6) is 0 Å². The van der Waals surface area contributed by atoms with Gasteiger partial charge in [0.1, 0.15) is 10.7 Å². The Balaban J connectivity index is 1.74. The van der Waals surface area contributed by atoms with Gasteiger partial charge in [-0.25, -0.2) is 9.97 Å². The van der Waals surface area contributed by atoms with Crippen molar-refractivity contribution in [2.45, 2.75) is 19.8 Å². The van der Waals surface area contributed by atoms with Crippen LogP contribution in [0.15, 0.2) is 11.4 Å². The van der Waals surface area contributed by atoms with E-state index in [1.54, 1.807) is 18.4 Å². The van der Waals surface area contributed by atoms with Crippen molar-refractivity contribution < 1.29 is 9.53 Å². The van der Waals surface area contributed by atoms with E-state index in [-0.39, 0.29) is 5.91 Å². The molecule has 1 fully saturated rings. The van der Waals surface area contributed by atoms with Gasteiger partial charge in [-0.1, -0.05) is 0 Å². The van der Waals surface area contributed by atoms with Crippen LogP contribution < -0.4 is 0 Å². The first kappa shape index (κ1) is 14.4. The predicted octanol–water partition coefficient (Wildman–Crippen LogP) is 2.04. The number of aryl methyl sites for hydroxylation is 1. The summed E-state index contributed by atoms with van der Waals surface area (Å²) in [6.45, 7) is 4.01. The van der Waals surface area contributed by atoms with E-state index >= 15 is 0 Å². The summed E-state index contributed by atoms with van der Waals surface area (Å²) >= 11 is 1.64. The summed E-state index contributed by atoms with van der Waals surface area (Å²) in [6, 6.07) is 2.08. The fraction of sp³-hybridized carbons (Fsp3) is 0.533. The molecule has 0 radical (unpaired) electrons. The molecule has 0 aromatic carbocycles. The van der Waals surface area contributed by atoms with E-state index in [0.29, 0.717) is 25.5 Å². The largest absolute Gasteiger partial charge is 0.383 e. The average molecular weight is 305 g/mol. The second-order valence-corrected chi connectivity index (χ2v) is 6.36. The zero-order valence-corrected chi connectivity index (χ0v) is 13.2. The molecule has 0 unspecified atom stereocenters. The van der Waals surface area contributed by atoms with Gasteiger partial charge in [0.2, 0.25) is 5.91 Å². The van der Waals surface area contributed by atoms with Crippen molar-refractivity contribution in [1.82, 2.24) is 14.9 Å². The molecule has 5 nitrogen and oxygen atoms in total. The summed E-state index contributed by atoms with van der Waals surface area (Å²) in [7, 11) is 1.66. The summed E-state index contributed by atoms with van der Waals surface area (Å²) in [6.07, 6.45) is 1.45. The predicted molar refractivity (Wildman–Crippen MR) is 82.4 cm³/mol. The standard InChI is InChI=1S/C15H19N3O2S/c1-10-16-13(12-3-6-21-15(12)17-10)7-11-8-14(19)18(9-11)4-5-20-2/h3,6,11H,4-5,7-9H2,1-2H3/t11-/m1/s1. The van der Waals surface area contributed by atoms with Crippen LogP contribution in [0.3, 0.4) is 0 Å². The number of amides is 1. The smallest absolute Gasteiger partial charge is 0.223 e. The number of nitrogens with zero attached hydrogens (tertiary/aromatic N) is 3. The van der Waals surface area contributed by atoms with Gasteiger partial charge in [-0.15, -0.1) is 11.3 Å². The number of rotatable bonds is 5. The third-order valence-corrected chi connectivity index (χ3v) is 4.66. The molecule has 6 heteroatoms. The van der Waals surface area contributed by atoms with Crippen LogP contribution >= 0.6 is 11.3 Å². The Hall–Kier alpha value is -1.53. The molecule has 1 aliphatic rings. The Bertz CT molecular complexity index is 655. The molecular formula is C15H19N3O2S. The molecule has 0 spiro atoms. The molecule has 0 saturated carbocycles. The van der Waals surface area contributed by atoms with Crippen LogP contribution in [0.4, 0.5) is 0 Å². The van der Waals surface area contributed by atoms with E-state index in [2.05, 4.69) is 16.0 Å². The summed E-state index contributed by atoms with van der Waals surface area (Å²) in [5.41, 5.74) is 1.07. The van der Waals surface area contributed by atoms with Gasteiger partial charge < -0.3 is 9.64 Å². The summed E-state index contributed by atoms with van der Waals surface area (Å²) in [5, 5.41) is 3.18. The molecule has 3 heterocycles. The number of ether oxygens (including phenoxy) is 1. The molecule has 1 saturated heterocycles. The van der Waals surface area contributed by atoms with Crippen LogP contribution in [0.2, 0.25) is 0 Å². The van der Waals surface area contributed by atoms with Gasteiger partial charge in [0.15, 0.2) is 0 Å². The van der Waals surface area contributed by atoms with Gasteiger partial charge >= 0.3 is 0 Å². The first-order valence-electron chi connectivity index (χ1n) is 7.15. The van der Waals surface area contributed by atoms with E-state index < -0.39 is 0 Å². The Kier molecular flexibility index (Phi) is 4.17. The molecule has 1 aliphatic heterocycles. The van der Waals surface area contributed by atoms with Crippen molar-refractivity contribution in [2.24, 2.45) is 5.92 Å². The molecule has 1 amide bonds. The van der Waals surface area contributed by atoms with E-state index in [0.717, 1.165) is 34.7 Å². The SMILES string of the molecule is COCCN1C[C@H](Cc2nc(C)nc3sccc23)CC1=O. The number of thiophene rings is 1. The van der Waals surface area contributed by atoms with Gasteiger partial charge in [0.05, 0.1) is 12.3 Å². The molecule has 0 bridgehead atoms. The molecule has 3 rings (SSSR count). The van der Waals surface area contributed by atoms with Gasteiger partial charge in [0.25, 0.3) is 0 Å². The maximum atomic E-state index is 12.0. The number of aromatic nitrogens is 2. The van der Waals surface area contributed by atoms with Crippen molar-refractivity contribution in [3.8, 4) is 0 Å². The number of hydrogen-bond acceptors (Lipinski definition) is 5. The van der Waals surface area contributed by atoms with Crippen LogP contribution in [-0.4, -0.2) is 47.6 Å². The highest BCUT2D eigenvalue weighted by Crippen LogP contribution is 2.27. The Morgan fingerprint density at radius 2 is 2.33 bits per heavy atom. The lowest BCUT2D eigenvalue weighted by Gasteiger charge is -2.16. The topological polar surface area (TPSA) is 55.3 Å². The number of fused-ring (bicyclic) bond motifs is 1. The fourth-order valence-electron chi connectivity index (χ4n) is 2.87. The maximum absolute atomic E-state index is 12.0. The lowest BCUT2D eigenvalue weighted by Crippen LogP contribution is -2.29. The van der Waals surface area contributed by atoms with Crippen LogP contribution in [0.1, 0.15) is 17.9 Å². The third kappa shape index (κ3) is 3.06. The van der Waals surface area contributed by atoms with E-state index in [1.807, 2.05) is 17.2 Å². The molecule has 0 N–H and O–H groups in total. The average Bonchev–Trinajstić information content (AvgIpc) is 3.03. The second kappa shape index (κ2) is 6.07. The normalized spacial score (nSPS) is 18.9. The zero-order chi connectivity index (χ0) is 14.8. The Morgan fingerprint density at radius 1 is 1.48 bits per heavy atom. The number of carbonyl (C=O) groups excluding carboxylic acids is 1. The Labute approximate surface area is 128 Å². The number of carbonyl (C=O) groups is 1. The minimum absolute atomic E-state index is 0.226. The molecule has 1 atom stereocenters. The van der Waals surface area contributed by atoms with Crippen molar-refractivity contribution in [2.75, 3.05) is 26.8 Å². The second-order valence-electron chi connectivity index (χ2n) is 5.46. The number of hydrogen-bond donors (Lipinski definition) is 0. The van der Waals surface area contributed by atoms with Crippen molar-refractivity contribution in [3.63, 3.8) is 0 Å². The van der Waals surface area contributed by atoms with E-state index in [9.17, 15) is 4.79 Å². The number of likely N-dealkylation sites (tertiary alicyclic amines) is 1. The summed E-state index contributed by atoms with van der Waals surface area (Å²) in [4.78, 5) is 24.0. The van der Waals surface area contributed by atoms with E-state index in [4.69, 9.17) is 4.74 Å². The zero-order valence-electron chi connectivity index (χ0n) is 12.3. The molecule has 0 aliphatic carbocycles. The fourth-order valence-corrected chi connectivity index (χ4v) is 3.70. The lowest BCUT2D eigenvalue weighted by molar-refractivity contribution is -0.128. The lowest BCUT2D eigenvalue weighted by atomic mass is 10.0. The van der Waals surface area contributed by atoms with Crippen molar-refractivity contribution >= 4 is 27.5 Å². The van der Waals surface area contributed by atoms with Crippen molar-refractivity contribution in [1.29, 1.82) is 0 Å². The Morgan fingerprint density at radius 3 is 3.14 bits per heavy atom. The van der Waals surface area contributed by atoms with E-state index in [1.165, 1.54) is 0 Å². The third-order valence-electron chi connectivity index (χ3n) is 3.86. The molecule has 21 heavy (non-hydrogen) atoms. The molecule has 2 aromatic rings. The first-order valence-corrected chi connectivity index (χ1v) is 8.02. The van der Waals surface area contributed by atoms with Gasteiger partial charge in [-0.3, -0.25) is 4.79 Å². The minimum Gasteiger partial charge on any atom is -0.383 e. The first-order chi connectivity index (χ1) is 10.2. The monoisotopic (exact) mass is 305 g/mol. The van der Waals surface area contributed by atoms with Crippen LogP contribution in [0.25, 0.3) is 10.2 Å². The molecule has 112 valence electrons. The van der Waals surface area contributed by atoms with Crippen LogP contribution in [0, 0.1) is 12.8 Å².